The maximum atomic E-state index is 13.6. The summed E-state index contributed by atoms with van der Waals surface area (Å²) < 4.78 is 23.5. The minimum Gasteiger partial charge on any atom is -0.488 e. The maximum absolute atomic E-state index is 13.6. The highest BCUT2D eigenvalue weighted by molar-refractivity contribution is 5.86. The molecule has 9 heteroatoms. The highest BCUT2D eigenvalue weighted by atomic mass is 19.1. The number of aliphatic hydroxyl groups excluding tert-OH is 1. The summed E-state index contributed by atoms with van der Waals surface area (Å²) in [5.74, 6) is 1.11. The van der Waals surface area contributed by atoms with Gasteiger partial charge in [-0.25, -0.2) is 13.9 Å². The zero-order valence-electron chi connectivity index (χ0n) is 19.0. The minimum atomic E-state index is -0.253. The van der Waals surface area contributed by atoms with Crippen LogP contribution < -0.4 is 10.1 Å². The van der Waals surface area contributed by atoms with Crippen molar-refractivity contribution in [2.75, 3.05) is 5.32 Å². The third-order valence-corrected chi connectivity index (χ3v) is 6.48. The highest BCUT2D eigenvalue weighted by Gasteiger charge is 2.22. The van der Waals surface area contributed by atoms with Gasteiger partial charge in [-0.15, -0.1) is 0 Å². The predicted octanol–water partition coefficient (Wildman–Crippen LogP) is 4.69. The lowest BCUT2D eigenvalue weighted by molar-refractivity contribution is 0.0673. The van der Waals surface area contributed by atoms with E-state index in [9.17, 15) is 9.50 Å². The van der Waals surface area contributed by atoms with Gasteiger partial charge in [0.15, 0.2) is 11.6 Å². The Labute approximate surface area is 201 Å². The molecular weight excluding hydrogens is 447 g/mol. The predicted molar refractivity (Wildman–Crippen MR) is 130 cm³/mol. The van der Waals surface area contributed by atoms with E-state index in [1.54, 1.807) is 16.8 Å². The van der Waals surface area contributed by atoms with E-state index < -0.39 is 0 Å². The normalized spacial score (nSPS) is 18.2. The molecule has 0 radical (unpaired) electrons. The molecule has 1 fully saturated rings. The quantitative estimate of drug-likeness (QED) is 0.373. The largest absolute Gasteiger partial charge is 0.488 e. The molecule has 1 aliphatic rings. The summed E-state index contributed by atoms with van der Waals surface area (Å²) in [7, 11) is 0. The van der Waals surface area contributed by atoms with Gasteiger partial charge in [-0.05, 0) is 61.6 Å². The van der Waals surface area contributed by atoms with Crippen molar-refractivity contribution in [3.05, 3.63) is 78.6 Å². The van der Waals surface area contributed by atoms with Gasteiger partial charge in [0, 0.05) is 23.3 Å². The Morgan fingerprint density at radius 1 is 1.06 bits per heavy atom. The standard InChI is InChI=1S/C26H25FN6O2/c27-19-3-1-2-17(12-19)15-33-23-9-4-20(13-18(23)14-29-33)31-26-25-24(10-11-32(25)30-16-28-26)35-22-7-5-21(34)6-8-22/h1-4,9-14,16,21-22,34H,5-8,15H2,(H,28,30,31). The number of nitrogens with one attached hydrogen (secondary N) is 1. The second-order valence-electron chi connectivity index (χ2n) is 8.96. The smallest absolute Gasteiger partial charge is 0.162 e. The van der Waals surface area contributed by atoms with Crippen LogP contribution in [-0.4, -0.2) is 41.7 Å². The molecule has 1 saturated carbocycles. The van der Waals surface area contributed by atoms with E-state index in [1.807, 2.05) is 41.2 Å². The molecule has 1 aliphatic carbocycles. The number of aliphatic hydroxyl groups is 1. The van der Waals surface area contributed by atoms with Gasteiger partial charge in [-0.1, -0.05) is 12.1 Å². The molecule has 0 amide bonds. The minimum absolute atomic E-state index is 0.0675. The summed E-state index contributed by atoms with van der Waals surface area (Å²) >= 11 is 0. The van der Waals surface area contributed by atoms with Crippen LogP contribution in [0.3, 0.4) is 0 Å². The number of hydrogen-bond donors (Lipinski definition) is 2. The second-order valence-corrected chi connectivity index (χ2v) is 8.96. The van der Waals surface area contributed by atoms with E-state index in [1.165, 1.54) is 18.5 Å². The van der Waals surface area contributed by atoms with Gasteiger partial charge in [0.25, 0.3) is 0 Å². The Bertz CT molecular complexity index is 1490. The van der Waals surface area contributed by atoms with E-state index in [0.29, 0.717) is 12.4 Å². The Morgan fingerprint density at radius 3 is 2.80 bits per heavy atom. The first-order chi connectivity index (χ1) is 17.1. The van der Waals surface area contributed by atoms with Crippen LogP contribution in [0.2, 0.25) is 0 Å². The summed E-state index contributed by atoms with van der Waals surface area (Å²) in [6, 6.07) is 14.4. The number of benzene rings is 2. The average Bonchev–Trinajstić information content (AvgIpc) is 3.45. The van der Waals surface area contributed by atoms with Crippen LogP contribution in [0.15, 0.2) is 67.3 Å². The molecule has 2 aromatic carbocycles. The number of hydrogen-bond acceptors (Lipinski definition) is 6. The van der Waals surface area contributed by atoms with Crippen molar-refractivity contribution in [2.24, 2.45) is 0 Å². The first kappa shape index (κ1) is 21.5. The molecule has 5 aromatic rings. The molecule has 3 heterocycles. The first-order valence-corrected chi connectivity index (χ1v) is 11.8. The van der Waals surface area contributed by atoms with Gasteiger partial charge >= 0.3 is 0 Å². The van der Waals surface area contributed by atoms with Gasteiger partial charge < -0.3 is 15.2 Å². The fourth-order valence-electron chi connectivity index (χ4n) is 4.69. The number of nitrogens with zero attached hydrogens (tertiary/aromatic N) is 5. The molecule has 178 valence electrons. The molecule has 0 bridgehead atoms. The van der Waals surface area contributed by atoms with Crippen molar-refractivity contribution in [3.63, 3.8) is 0 Å². The van der Waals surface area contributed by atoms with Crippen molar-refractivity contribution in [1.82, 2.24) is 24.4 Å². The summed E-state index contributed by atoms with van der Waals surface area (Å²) in [6.07, 6.45) is 8.17. The Morgan fingerprint density at radius 2 is 1.94 bits per heavy atom. The summed E-state index contributed by atoms with van der Waals surface area (Å²) in [5.41, 5.74) is 3.43. The molecule has 0 spiro atoms. The number of aromatic nitrogens is 5. The molecule has 0 aliphatic heterocycles. The van der Waals surface area contributed by atoms with Crippen LogP contribution >= 0.6 is 0 Å². The molecule has 0 unspecified atom stereocenters. The molecule has 0 atom stereocenters. The van der Waals surface area contributed by atoms with Crippen LogP contribution in [0.4, 0.5) is 15.9 Å². The third-order valence-electron chi connectivity index (χ3n) is 6.48. The van der Waals surface area contributed by atoms with E-state index in [-0.39, 0.29) is 18.0 Å². The van der Waals surface area contributed by atoms with E-state index in [4.69, 9.17) is 4.74 Å². The number of rotatable bonds is 6. The molecule has 3 aromatic heterocycles. The number of halogens is 1. The lowest BCUT2D eigenvalue weighted by atomic mass is 9.95. The molecule has 8 nitrogen and oxygen atoms in total. The van der Waals surface area contributed by atoms with Crippen molar-refractivity contribution in [1.29, 1.82) is 0 Å². The molecule has 6 rings (SSSR count). The molecule has 2 N–H and O–H groups in total. The van der Waals surface area contributed by atoms with Gasteiger partial charge in [0.05, 0.1) is 30.5 Å². The van der Waals surface area contributed by atoms with E-state index >= 15 is 0 Å². The third kappa shape index (κ3) is 4.42. The van der Waals surface area contributed by atoms with Crippen LogP contribution in [0.5, 0.6) is 5.75 Å². The Balaban J connectivity index is 1.25. The van der Waals surface area contributed by atoms with Crippen molar-refractivity contribution in [2.45, 2.75) is 44.4 Å². The van der Waals surface area contributed by atoms with Crippen LogP contribution in [-0.2, 0) is 6.54 Å². The summed E-state index contributed by atoms with van der Waals surface area (Å²) in [6.45, 7) is 0.490. The lowest BCUT2D eigenvalue weighted by Gasteiger charge is -2.26. The second kappa shape index (κ2) is 8.99. The number of fused-ring (bicyclic) bond motifs is 2. The molecule has 35 heavy (non-hydrogen) atoms. The van der Waals surface area contributed by atoms with Crippen LogP contribution in [0.25, 0.3) is 16.4 Å². The topological polar surface area (TPSA) is 89.5 Å². The van der Waals surface area contributed by atoms with Gasteiger partial charge in [-0.3, -0.25) is 4.68 Å². The molecular formula is C26H25FN6O2. The maximum Gasteiger partial charge on any atom is 0.162 e. The summed E-state index contributed by atoms with van der Waals surface area (Å²) in [5, 5.41) is 23.0. The number of ether oxygens (including phenoxy) is 1. The average molecular weight is 473 g/mol. The van der Waals surface area contributed by atoms with Gasteiger partial charge in [-0.2, -0.15) is 10.2 Å². The SMILES string of the molecule is OC1CCC(Oc2ccn3ncnc(Nc4ccc5c(cnn5Cc5cccc(F)c5)c4)c23)CC1. The van der Waals surface area contributed by atoms with Crippen LogP contribution in [0.1, 0.15) is 31.2 Å². The lowest BCUT2D eigenvalue weighted by Crippen LogP contribution is -2.26. The zero-order chi connectivity index (χ0) is 23.8. The van der Waals surface area contributed by atoms with E-state index in [2.05, 4.69) is 20.5 Å². The first-order valence-electron chi connectivity index (χ1n) is 11.8. The monoisotopic (exact) mass is 472 g/mol. The van der Waals surface area contributed by atoms with Crippen LogP contribution in [0, 0.1) is 5.82 Å². The summed E-state index contributed by atoms with van der Waals surface area (Å²) in [4.78, 5) is 4.47. The Kier molecular flexibility index (Phi) is 5.54. The fourth-order valence-corrected chi connectivity index (χ4v) is 4.69. The molecule has 0 saturated heterocycles. The zero-order valence-corrected chi connectivity index (χ0v) is 19.0. The van der Waals surface area contributed by atoms with E-state index in [0.717, 1.165) is 59.1 Å². The number of anilines is 2. The highest BCUT2D eigenvalue weighted by Crippen LogP contribution is 2.32. The van der Waals surface area contributed by atoms with Crippen molar-refractivity contribution < 1.29 is 14.2 Å². The van der Waals surface area contributed by atoms with Crippen molar-refractivity contribution >= 4 is 27.9 Å². The van der Waals surface area contributed by atoms with Crippen molar-refractivity contribution in [3.8, 4) is 5.75 Å². The van der Waals surface area contributed by atoms with Gasteiger partial charge in [0.1, 0.15) is 17.7 Å². The Hall–Kier alpha value is -3.98. The fraction of sp³-hybridized carbons (Fsp3) is 0.269. The van der Waals surface area contributed by atoms with Gasteiger partial charge in [0.2, 0.25) is 0 Å².